The minimum Gasteiger partial charge on any atom is -0.455 e. The lowest BCUT2D eigenvalue weighted by molar-refractivity contribution is 0.670. The van der Waals surface area contributed by atoms with Crippen LogP contribution in [0, 0.1) is 0 Å². The van der Waals surface area contributed by atoms with Crippen LogP contribution in [0.1, 0.15) is 0 Å². The highest BCUT2D eigenvalue weighted by Crippen LogP contribution is 2.49. The van der Waals surface area contributed by atoms with Crippen LogP contribution in [0.4, 0.5) is 0 Å². The van der Waals surface area contributed by atoms with E-state index in [1.54, 1.807) is 0 Å². The van der Waals surface area contributed by atoms with Crippen molar-refractivity contribution in [3.8, 4) is 66.8 Å². The van der Waals surface area contributed by atoms with Crippen molar-refractivity contribution < 1.29 is 4.42 Å². The van der Waals surface area contributed by atoms with Gasteiger partial charge in [0.1, 0.15) is 11.2 Å². The summed E-state index contributed by atoms with van der Waals surface area (Å²) in [6.45, 7) is 0. The molecule has 65 heavy (non-hydrogen) atoms. The molecule has 1 aromatic heterocycles. The van der Waals surface area contributed by atoms with Crippen LogP contribution >= 0.6 is 0 Å². The van der Waals surface area contributed by atoms with Crippen molar-refractivity contribution in [2.24, 2.45) is 0 Å². The Balaban J connectivity index is 1.13. The lowest BCUT2D eigenvalue weighted by Crippen LogP contribution is -1.94. The van der Waals surface area contributed by atoms with E-state index in [2.05, 4.69) is 243 Å². The first-order valence-corrected chi connectivity index (χ1v) is 22.4. The average Bonchev–Trinajstić information content (AvgIpc) is 3.77. The molecule has 0 radical (unpaired) electrons. The van der Waals surface area contributed by atoms with Crippen LogP contribution in [0.25, 0.3) is 132 Å². The van der Waals surface area contributed by atoms with Crippen LogP contribution in [0.5, 0.6) is 0 Å². The molecule has 0 aliphatic carbocycles. The molecule has 0 saturated carbocycles. The summed E-state index contributed by atoms with van der Waals surface area (Å²) in [6.07, 6.45) is 0. The third-order valence-corrected chi connectivity index (χ3v) is 13.5. The maximum Gasteiger partial charge on any atom is 0.143 e. The highest BCUT2D eigenvalue weighted by Gasteiger charge is 2.22. The molecule has 0 aliphatic heterocycles. The van der Waals surface area contributed by atoms with E-state index < -0.39 is 0 Å². The molecule has 13 rings (SSSR count). The van der Waals surface area contributed by atoms with E-state index in [0.29, 0.717) is 0 Å². The molecule has 0 fully saturated rings. The van der Waals surface area contributed by atoms with E-state index in [1.807, 2.05) is 0 Å². The van der Waals surface area contributed by atoms with Crippen molar-refractivity contribution in [1.82, 2.24) is 0 Å². The third kappa shape index (κ3) is 6.09. The van der Waals surface area contributed by atoms with E-state index in [1.165, 1.54) is 98.7 Å². The fourth-order valence-corrected chi connectivity index (χ4v) is 10.5. The minimum atomic E-state index is 0.889. The van der Waals surface area contributed by atoms with Crippen LogP contribution in [-0.2, 0) is 0 Å². The normalized spacial score (nSPS) is 11.7. The van der Waals surface area contributed by atoms with Crippen molar-refractivity contribution in [2.45, 2.75) is 0 Å². The number of para-hydroxylation sites is 1. The molecule has 302 valence electrons. The van der Waals surface area contributed by atoms with Gasteiger partial charge < -0.3 is 4.42 Å². The predicted molar refractivity (Wildman–Crippen MR) is 276 cm³/mol. The summed E-state index contributed by atoms with van der Waals surface area (Å²) in [7, 11) is 0. The number of furan rings is 1. The molecule has 12 aromatic carbocycles. The standard InChI is InChI=1S/C64H40O/c1-3-16-41(17-4-1)45-24-11-25-46(38-45)47-34-36-55-58(39-47)61(53-30-12-22-42-20-7-9-26-49(42)53)56-37-35-48(40-59(56)62(55)54-31-13-23-43-21-8-10-27-50(43)54)52-29-14-32-57-63-51(44-18-5-2-6-19-44)28-15-33-60(63)65-64(52)57/h1-40H. The summed E-state index contributed by atoms with van der Waals surface area (Å²) in [5, 5.41) is 12.0. The zero-order valence-corrected chi connectivity index (χ0v) is 35.5. The highest BCUT2D eigenvalue weighted by atomic mass is 16.3. The molecule has 0 aliphatic rings. The van der Waals surface area contributed by atoms with E-state index in [4.69, 9.17) is 4.42 Å². The Bertz CT molecular complexity index is 3980. The molecular formula is C64H40O. The monoisotopic (exact) mass is 824 g/mol. The lowest BCUT2D eigenvalue weighted by atomic mass is 9.82. The number of hydrogen-bond donors (Lipinski definition) is 0. The Morgan fingerprint density at radius 3 is 1.35 bits per heavy atom. The van der Waals surface area contributed by atoms with E-state index in [9.17, 15) is 0 Å². The Kier molecular flexibility index (Phi) is 8.60. The summed E-state index contributed by atoms with van der Waals surface area (Å²) in [5.41, 5.74) is 16.0. The van der Waals surface area contributed by atoms with Gasteiger partial charge in [-0.3, -0.25) is 0 Å². The maximum atomic E-state index is 6.89. The topological polar surface area (TPSA) is 13.1 Å². The van der Waals surface area contributed by atoms with Crippen molar-refractivity contribution >= 4 is 65.0 Å². The van der Waals surface area contributed by atoms with E-state index in [-0.39, 0.29) is 0 Å². The summed E-state index contributed by atoms with van der Waals surface area (Å²) < 4.78 is 6.89. The van der Waals surface area contributed by atoms with Gasteiger partial charge in [-0.2, -0.15) is 0 Å². The van der Waals surface area contributed by atoms with Gasteiger partial charge in [0.2, 0.25) is 0 Å². The second-order valence-corrected chi connectivity index (χ2v) is 17.1. The molecule has 1 nitrogen and oxygen atoms in total. The second-order valence-electron chi connectivity index (χ2n) is 17.1. The zero-order chi connectivity index (χ0) is 42.8. The van der Waals surface area contributed by atoms with E-state index in [0.717, 1.165) is 33.1 Å². The Labute approximate surface area is 377 Å². The number of fused-ring (bicyclic) bond motifs is 7. The molecule has 1 heterocycles. The zero-order valence-electron chi connectivity index (χ0n) is 35.5. The Hall–Kier alpha value is -8.52. The Morgan fingerprint density at radius 1 is 0.231 bits per heavy atom. The predicted octanol–water partition coefficient (Wildman–Crippen LogP) is 18.2. The largest absolute Gasteiger partial charge is 0.455 e. The van der Waals surface area contributed by atoms with Gasteiger partial charge >= 0.3 is 0 Å². The van der Waals surface area contributed by atoms with Gasteiger partial charge in [0.25, 0.3) is 0 Å². The summed E-state index contributed by atoms with van der Waals surface area (Å²) >= 11 is 0. The molecular weight excluding hydrogens is 785 g/mol. The van der Waals surface area contributed by atoms with Crippen molar-refractivity contribution in [3.05, 3.63) is 243 Å². The summed E-state index contributed by atoms with van der Waals surface area (Å²) in [5.74, 6) is 0. The quantitative estimate of drug-likeness (QED) is 0.152. The first-order chi connectivity index (χ1) is 32.2. The number of rotatable bonds is 6. The smallest absolute Gasteiger partial charge is 0.143 e. The first-order valence-electron chi connectivity index (χ1n) is 22.4. The minimum absolute atomic E-state index is 0.889. The van der Waals surface area contributed by atoms with Crippen LogP contribution in [0.3, 0.4) is 0 Å². The molecule has 0 saturated heterocycles. The van der Waals surface area contributed by atoms with Gasteiger partial charge in [-0.25, -0.2) is 0 Å². The van der Waals surface area contributed by atoms with Gasteiger partial charge in [0.05, 0.1) is 0 Å². The van der Waals surface area contributed by atoms with Crippen molar-refractivity contribution in [3.63, 3.8) is 0 Å². The van der Waals surface area contributed by atoms with E-state index >= 15 is 0 Å². The lowest BCUT2D eigenvalue weighted by Gasteiger charge is -2.21. The molecule has 0 N–H and O–H groups in total. The second kappa shape index (κ2) is 15.1. The average molecular weight is 825 g/mol. The molecule has 13 aromatic rings. The Morgan fingerprint density at radius 2 is 0.677 bits per heavy atom. The third-order valence-electron chi connectivity index (χ3n) is 13.5. The molecule has 1 heteroatoms. The van der Waals surface area contributed by atoms with Gasteiger partial charge in [-0.15, -0.1) is 0 Å². The molecule has 0 spiro atoms. The van der Waals surface area contributed by atoms with Crippen LogP contribution in [-0.4, -0.2) is 0 Å². The summed E-state index contributed by atoms with van der Waals surface area (Å²) in [6, 6.07) is 88.6. The number of benzene rings is 12. The van der Waals surface area contributed by atoms with Crippen LogP contribution in [0.2, 0.25) is 0 Å². The van der Waals surface area contributed by atoms with Gasteiger partial charge in [0, 0.05) is 16.3 Å². The van der Waals surface area contributed by atoms with Crippen LogP contribution < -0.4 is 0 Å². The fourth-order valence-electron chi connectivity index (χ4n) is 10.5. The first kappa shape index (κ1) is 37.1. The molecule has 0 unspecified atom stereocenters. The maximum absolute atomic E-state index is 6.89. The molecule has 0 bridgehead atoms. The van der Waals surface area contributed by atoms with Crippen molar-refractivity contribution in [2.75, 3.05) is 0 Å². The van der Waals surface area contributed by atoms with Gasteiger partial charge in [-0.1, -0.05) is 218 Å². The van der Waals surface area contributed by atoms with Gasteiger partial charge in [0.15, 0.2) is 0 Å². The highest BCUT2D eigenvalue weighted by molar-refractivity contribution is 6.26. The SMILES string of the molecule is c1ccc(-c2cccc(-c3ccc4c(-c5cccc6ccccc56)c5cc(-c6cccc7c6oc6cccc(-c8ccccc8)c67)ccc5c(-c5cccc6ccccc56)c4c3)c2)cc1. The fraction of sp³-hybridized carbons (Fsp3) is 0. The van der Waals surface area contributed by atoms with Crippen molar-refractivity contribution in [1.29, 1.82) is 0 Å². The molecule has 0 atom stereocenters. The summed E-state index contributed by atoms with van der Waals surface area (Å²) in [4.78, 5) is 0. The number of hydrogen-bond acceptors (Lipinski definition) is 1. The molecule has 0 amide bonds. The van der Waals surface area contributed by atoms with Crippen LogP contribution in [0.15, 0.2) is 247 Å². The van der Waals surface area contributed by atoms with Gasteiger partial charge in [-0.05, 0) is 129 Å².